The summed E-state index contributed by atoms with van der Waals surface area (Å²) in [6.45, 7) is 4.22. The minimum absolute atomic E-state index is 0.137. The topological polar surface area (TPSA) is 49.3 Å². The molecule has 0 aromatic heterocycles. The van der Waals surface area contributed by atoms with Crippen LogP contribution in [-0.4, -0.2) is 11.1 Å². The van der Waals surface area contributed by atoms with E-state index >= 15 is 0 Å². The summed E-state index contributed by atoms with van der Waals surface area (Å²) in [4.78, 5) is 11.6. The van der Waals surface area contributed by atoms with Gasteiger partial charge >= 0.3 is 0 Å². The molecule has 0 radical (unpaired) electrons. The van der Waals surface area contributed by atoms with E-state index in [1.54, 1.807) is 5.48 Å². The number of benzene rings is 1. The quantitative estimate of drug-likeness (QED) is 0.576. The molecule has 0 spiro atoms. The monoisotopic (exact) mass is 249 g/mol. The summed E-state index contributed by atoms with van der Waals surface area (Å²) in [5, 5.41) is 8.78. The van der Waals surface area contributed by atoms with Crippen molar-refractivity contribution in [1.29, 1.82) is 0 Å². The summed E-state index contributed by atoms with van der Waals surface area (Å²) in [5.74, 6) is -0.410. The molecule has 0 fully saturated rings. The fourth-order valence-electron chi connectivity index (χ4n) is 2.13. The lowest BCUT2D eigenvalue weighted by Crippen LogP contribution is -2.29. The number of aryl methyl sites for hydroxylation is 1. The molecule has 1 aromatic carbocycles. The van der Waals surface area contributed by atoms with Crippen LogP contribution in [0.4, 0.5) is 0 Å². The minimum atomic E-state index is -0.273. The zero-order valence-corrected chi connectivity index (χ0v) is 11.3. The molecule has 1 unspecified atom stereocenters. The highest BCUT2D eigenvalue weighted by Crippen LogP contribution is 2.17. The first-order valence-electron chi connectivity index (χ1n) is 6.73. The number of amides is 1. The number of nitrogens with one attached hydrogen (secondary N) is 1. The van der Waals surface area contributed by atoms with Crippen molar-refractivity contribution in [1.82, 2.24) is 5.48 Å². The molecule has 18 heavy (non-hydrogen) atoms. The van der Waals surface area contributed by atoms with Crippen LogP contribution in [0.5, 0.6) is 0 Å². The average molecular weight is 249 g/mol. The van der Waals surface area contributed by atoms with Crippen molar-refractivity contribution < 1.29 is 10.0 Å². The van der Waals surface area contributed by atoms with Gasteiger partial charge in [-0.25, -0.2) is 5.48 Å². The maximum absolute atomic E-state index is 11.6. The average Bonchev–Trinajstić information content (AvgIpc) is 2.42. The van der Waals surface area contributed by atoms with E-state index in [0.29, 0.717) is 6.42 Å². The number of hydroxylamine groups is 1. The molecular weight excluding hydrogens is 226 g/mol. The zero-order valence-electron chi connectivity index (χ0n) is 11.3. The predicted octanol–water partition coefficient (Wildman–Crippen LogP) is 3.10. The van der Waals surface area contributed by atoms with Gasteiger partial charge in [0.05, 0.1) is 0 Å². The van der Waals surface area contributed by atoms with E-state index < -0.39 is 0 Å². The van der Waals surface area contributed by atoms with Gasteiger partial charge in [-0.2, -0.15) is 0 Å². The maximum Gasteiger partial charge on any atom is 0.246 e. The summed E-state index contributed by atoms with van der Waals surface area (Å²) in [7, 11) is 0. The number of carbonyl (C=O) groups is 1. The van der Waals surface area contributed by atoms with Gasteiger partial charge < -0.3 is 0 Å². The molecule has 2 N–H and O–H groups in total. The van der Waals surface area contributed by atoms with Crippen LogP contribution in [-0.2, 0) is 17.6 Å². The standard InChI is InChI=1S/C15H23NO2/c1-3-5-9-14(15(17)16-18)11-13-8-6-7-12(4-2)10-13/h6-8,10,14,18H,3-5,9,11H2,1-2H3,(H,16,17). The van der Waals surface area contributed by atoms with Crippen molar-refractivity contribution in [3.8, 4) is 0 Å². The van der Waals surface area contributed by atoms with Gasteiger partial charge in [-0.15, -0.1) is 0 Å². The van der Waals surface area contributed by atoms with Crippen LogP contribution in [0.3, 0.4) is 0 Å². The van der Waals surface area contributed by atoms with Crippen LogP contribution in [0.2, 0.25) is 0 Å². The highest BCUT2D eigenvalue weighted by molar-refractivity contribution is 5.77. The third-order valence-electron chi connectivity index (χ3n) is 3.27. The Morgan fingerprint density at radius 1 is 1.33 bits per heavy atom. The van der Waals surface area contributed by atoms with Gasteiger partial charge in [0.25, 0.3) is 0 Å². The highest BCUT2D eigenvalue weighted by atomic mass is 16.5. The molecule has 3 heteroatoms. The number of unbranched alkanes of at least 4 members (excludes halogenated alkanes) is 1. The number of hydrogen-bond acceptors (Lipinski definition) is 2. The lowest BCUT2D eigenvalue weighted by molar-refractivity contribution is -0.133. The summed E-state index contributed by atoms with van der Waals surface area (Å²) >= 11 is 0. The predicted molar refractivity (Wildman–Crippen MR) is 72.5 cm³/mol. The Bertz CT molecular complexity index is 377. The second kappa shape index (κ2) is 7.88. The Balaban J connectivity index is 2.71. The van der Waals surface area contributed by atoms with E-state index in [1.165, 1.54) is 11.1 Å². The third-order valence-corrected chi connectivity index (χ3v) is 3.27. The molecule has 0 aliphatic heterocycles. The molecule has 1 rings (SSSR count). The van der Waals surface area contributed by atoms with Gasteiger partial charge in [0.15, 0.2) is 0 Å². The molecule has 0 saturated carbocycles. The lowest BCUT2D eigenvalue weighted by atomic mass is 9.92. The van der Waals surface area contributed by atoms with Crippen molar-refractivity contribution >= 4 is 5.91 Å². The molecule has 0 aliphatic rings. The van der Waals surface area contributed by atoms with Crippen molar-refractivity contribution in [2.75, 3.05) is 0 Å². The van der Waals surface area contributed by atoms with E-state index in [0.717, 1.165) is 25.7 Å². The molecule has 0 bridgehead atoms. The molecule has 0 saturated heterocycles. The normalized spacial score (nSPS) is 12.2. The summed E-state index contributed by atoms with van der Waals surface area (Å²) < 4.78 is 0. The van der Waals surface area contributed by atoms with Gasteiger partial charge in [0.2, 0.25) is 5.91 Å². The highest BCUT2D eigenvalue weighted by Gasteiger charge is 2.17. The lowest BCUT2D eigenvalue weighted by Gasteiger charge is -2.15. The number of hydrogen-bond donors (Lipinski definition) is 2. The fraction of sp³-hybridized carbons (Fsp3) is 0.533. The summed E-state index contributed by atoms with van der Waals surface area (Å²) in [6.07, 6.45) is 4.58. The van der Waals surface area contributed by atoms with Crippen LogP contribution in [0.1, 0.15) is 44.2 Å². The third kappa shape index (κ3) is 4.49. The van der Waals surface area contributed by atoms with E-state index in [2.05, 4.69) is 26.0 Å². The summed E-state index contributed by atoms with van der Waals surface area (Å²) in [6, 6.07) is 8.31. The molecule has 0 aliphatic carbocycles. The van der Waals surface area contributed by atoms with E-state index in [9.17, 15) is 4.79 Å². The molecule has 100 valence electrons. The first kappa shape index (κ1) is 14.7. The van der Waals surface area contributed by atoms with Crippen molar-refractivity contribution in [2.45, 2.75) is 46.0 Å². The smallest absolute Gasteiger partial charge is 0.246 e. The molecular formula is C15H23NO2. The Kier molecular flexibility index (Phi) is 6.44. The Labute approximate surface area is 109 Å². The van der Waals surface area contributed by atoms with Crippen LogP contribution in [0, 0.1) is 5.92 Å². The van der Waals surface area contributed by atoms with Crippen molar-refractivity contribution in [2.24, 2.45) is 5.92 Å². The molecule has 1 atom stereocenters. The Morgan fingerprint density at radius 3 is 2.67 bits per heavy atom. The number of carbonyl (C=O) groups excluding carboxylic acids is 1. The molecule has 1 amide bonds. The van der Waals surface area contributed by atoms with Crippen LogP contribution in [0.15, 0.2) is 24.3 Å². The first-order chi connectivity index (χ1) is 8.71. The summed E-state index contributed by atoms with van der Waals surface area (Å²) in [5.41, 5.74) is 4.23. The van der Waals surface area contributed by atoms with Gasteiger partial charge in [-0.05, 0) is 30.4 Å². The zero-order chi connectivity index (χ0) is 13.4. The Hall–Kier alpha value is -1.35. The van der Waals surface area contributed by atoms with Gasteiger partial charge in [-0.1, -0.05) is 51.0 Å². The minimum Gasteiger partial charge on any atom is -0.289 e. The van der Waals surface area contributed by atoms with Crippen molar-refractivity contribution in [3.05, 3.63) is 35.4 Å². The molecule has 1 aromatic rings. The number of rotatable bonds is 7. The van der Waals surface area contributed by atoms with Gasteiger partial charge in [0, 0.05) is 5.92 Å². The molecule has 3 nitrogen and oxygen atoms in total. The van der Waals surface area contributed by atoms with Crippen LogP contribution >= 0.6 is 0 Å². The molecule has 0 heterocycles. The second-order valence-corrected chi connectivity index (χ2v) is 4.69. The Morgan fingerprint density at radius 2 is 2.06 bits per heavy atom. The van der Waals surface area contributed by atoms with E-state index in [-0.39, 0.29) is 11.8 Å². The fourth-order valence-corrected chi connectivity index (χ4v) is 2.13. The van der Waals surface area contributed by atoms with Crippen LogP contribution in [0.25, 0.3) is 0 Å². The van der Waals surface area contributed by atoms with Crippen molar-refractivity contribution in [3.63, 3.8) is 0 Å². The van der Waals surface area contributed by atoms with E-state index in [1.807, 2.05) is 12.1 Å². The van der Waals surface area contributed by atoms with Crippen LogP contribution < -0.4 is 5.48 Å². The van der Waals surface area contributed by atoms with Gasteiger partial charge in [-0.3, -0.25) is 10.0 Å². The second-order valence-electron chi connectivity index (χ2n) is 4.69. The largest absolute Gasteiger partial charge is 0.289 e. The van der Waals surface area contributed by atoms with Gasteiger partial charge in [0.1, 0.15) is 0 Å². The maximum atomic E-state index is 11.6. The first-order valence-corrected chi connectivity index (χ1v) is 6.73. The van der Waals surface area contributed by atoms with E-state index in [4.69, 9.17) is 5.21 Å². The SMILES string of the molecule is CCCCC(Cc1cccc(CC)c1)C(=O)NO.